The first-order valence-corrected chi connectivity index (χ1v) is 8.51. The molecule has 2 rings (SSSR count). The van der Waals surface area contributed by atoms with Gasteiger partial charge in [-0.15, -0.1) is 0 Å². The molecule has 1 saturated carbocycles. The number of nitrogens with zero attached hydrogens (tertiary/aromatic N) is 2. The zero-order valence-corrected chi connectivity index (χ0v) is 14.5. The maximum absolute atomic E-state index is 11.9. The normalized spacial score (nSPS) is 20.7. The highest BCUT2D eigenvalue weighted by atomic mass is 16.2. The van der Waals surface area contributed by atoms with Crippen molar-refractivity contribution in [1.29, 1.82) is 0 Å². The zero-order chi connectivity index (χ0) is 18.8. The van der Waals surface area contributed by atoms with Crippen LogP contribution in [0.1, 0.15) is 31.2 Å². The van der Waals surface area contributed by atoms with Crippen LogP contribution in [0.3, 0.4) is 0 Å². The van der Waals surface area contributed by atoms with Crippen LogP contribution in [0.4, 0.5) is 10.5 Å². The summed E-state index contributed by atoms with van der Waals surface area (Å²) in [5.41, 5.74) is 1.38. The molecule has 0 saturated heterocycles. The van der Waals surface area contributed by atoms with Gasteiger partial charge in [-0.3, -0.25) is 0 Å². The van der Waals surface area contributed by atoms with E-state index in [1.165, 1.54) is 0 Å². The molecule has 1 fully saturated rings. The third-order valence-corrected chi connectivity index (χ3v) is 4.83. The van der Waals surface area contributed by atoms with Crippen LogP contribution in [0.5, 0.6) is 0 Å². The lowest BCUT2D eigenvalue weighted by atomic mass is 9.62. The number of hydrogen-bond acceptors (Lipinski definition) is 5. The second kappa shape index (κ2) is 9.47. The Labute approximate surface area is 152 Å². The van der Waals surface area contributed by atoms with Crippen LogP contribution in [0.15, 0.2) is 40.8 Å². The molecule has 0 heterocycles. The second-order valence-corrected chi connectivity index (χ2v) is 6.36. The van der Waals surface area contributed by atoms with Crippen molar-refractivity contribution in [3.63, 3.8) is 0 Å². The Morgan fingerprint density at radius 2 is 2.08 bits per heavy atom. The fourth-order valence-electron chi connectivity index (χ4n) is 3.21. The molecular formula is C19H22N4O3. The molecular weight excluding hydrogens is 332 g/mol. The third-order valence-electron chi connectivity index (χ3n) is 4.83. The number of isocyanates is 2. The minimum absolute atomic E-state index is 0.158. The predicted molar refractivity (Wildman–Crippen MR) is 99.4 cm³/mol. The van der Waals surface area contributed by atoms with Crippen LogP contribution in [0, 0.1) is 5.41 Å². The monoisotopic (exact) mass is 354 g/mol. The van der Waals surface area contributed by atoms with Crippen molar-refractivity contribution in [3.8, 4) is 0 Å². The number of aliphatic imine (C=N–C) groups is 2. The van der Waals surface area contributed by atoms with Crippen LogP contribution in [0.25, 0.3) is 6.08 Å². The lowest BCUT2D eigenvalue weighted by molar-refractivity contribution is 0.0915. The molecule has 0 aromatic heterocycles. The minimum Gasteiger partial charge on any atom is -0.338 e. The number of benzene rings is 1. The molecule has 26 heavy (non-hydrogen) atoms. The molecule has 7 nitrogen and oxygen atoms in total. The summed E-state index contributed by atoms with van der Waals surface area (Å²) in [5.74, 6) is 0. The van der Waals surface area contributed by atoms with Crippen molar-refractivity contribution in [1.82, 2.24) is 5.32 Å². The van der Waals surface area contributed by atoms with Gasteiger partial charge in [-0.05, 0) is 43.4 Å². The van der Waals surface area contributed by atoms with Crippen molar-refractivity contribution < 1.29 is 14.4 Å². The summed E-state index contributed by atoms with van der Waals surface area (Å²) >= 11 is 0. The van der Waals surface area contributed by atoms with Crippen LogP contribution in [-0.2, 0) is 9.59 Å². The summed E-state index contributed by atoms with van der Waals surface area (Å²) in [6.07, 6.45) is 7.91. The van der Waals surface area contributed by atoms with Gasteiger partial charge in [0.1, 0.15) is 0 Å². The number of hydrogen-bond donors (Lipinski definition) is 2. The molecule has 0 aliphatic heterocycles. The molecule has 1 aliphatic rings. The maximum atomic E-state index is 11.9. The van der Waals surface area contributed by atoms with E-state index in [0.29, 0.717) is 31.6 Å². The van der Waals surface area contributed by atoms with Crippen molar-refractivity contribution in [2.24, 2.45) is 15.4 Å². The number of anilines is 1. The summed E-state index contributed by atoms with van der Waals surface area (Å²) in [7, 11) is 0. The Morgan fingerprint density at radius 1 is 1.31 bits per heavy atom. The van der Waals surface area contributed by atoms with Crippen molar-refractivity contribution in [2.45, 2.75) is 31.7 Å². The number of carbonyl (C=O) groups is 1. The first kappa shape index (κ1) is 19.3. The molecule has 7 heteroatoms. The minimum atomic E-state index is -0.298. The highest BCUT2D eigenvalue weighted by Gasteiger charge is 2.46. The van der Waals surface area contributed by atoms with Crippen LogP contribution >= 0.6 is 0 Å². The van der Waals surface area contributed by atoms with Crippen molar-refractivity contribution >= 4 is 30.0 Å². The van der Waals surface area contributed by atoms with Gasteiger partial charge < -0.3 is 10.6 Å². The van der Waals surface area contributed by atoms with E-state index in [0.717, 1.165) is 18.4 Å². The molecule has 1 aliphatic carbocycles. The Balaban J connectivity index is 1.78. The smallest absolute Gasteiger partial charge is 0.319 e. The quantitative estimate of drug-likeness (QED) is 0.405. The van der Waals surface area contributed by atoms with Gasteiger partial charge in [0.2, 0.25) is 12.2 Å². The van der Waals surface area contributed by atoms with Gasteiger partial charge in [-0.2, -0.15) is 0 Å². The molecule has 2 atom stereocenters. The van der Waals surface area contributed by atoms with E-state index in [9.17, 15) is 14.4 Å². The lowest BCUT2D eigenvalue weighted by Crippen LogP contribution is -2.46. The highest BCUT2D eigenvalue weighted by Crippen LogP contribution is 2.47. The summed E-state index contributed by atoms with van der Waals surface area (Å²) in [6.45, 7) is 4.46. The van der Waals surface area contributed by atoms with E-state index in [1.54, 1.807) is 30.4 Å². The number of urea groups is 1. The molecule has 0 radical (unpaired) electrons. The first-order chi connectivity index (χ1) is 12.6. The lowest BCUT2D eigenvalue weighted by Gasteiger charge is -2.45. The Hall–Kier alpha value is -3.01. The van der Waals surface area contributed by atoms with E-state index < -0.39 is 0 Å². The topological polar surface area (TPSA) is 100.0 Å². The summed E-state index contributed by atoms with van der Waals surface area (Å²) in [6, 6.07) is 6.90. The fraction of sp³-hybridized carbons (Fsp3) is 0.421. The first-order valence-electron chi connectivity index (χ1n) is 8.51. The summed E-state index contributed by atoms with van der Waals surface area (Å²) in [4.78, 5) is 40.4. The Kier molecular flexibility index (Phi) is 7.03. The van der Waals surface area contributed by atoms with Crippen LogP contribution < -0.4 is 10.6 Å². The summed E-state index contributed by atoms with van der Waals surface area (Å²) in [5, 5.41) is 5.56. The van der Waals surface area contributed by atoms with Crippen molar-refractivity contribution in [2.75, 3.05) is 18.4 Å². The predicted octanol–water partition coefficient (Wildman–Crippen LogP) is 3.05. The van der Waals surface area contributed by atoms with Gasteiger partial charge in [0.15, 0.2) is 0 Å². The molecule has 1 aromatic rings. The largest absolute Gasteiger partial charge is 0.338 e. The molecule has 0 bridgehead atoms. The third kappa shape index (κ3) is 4.99. The fourth-order valence-corrected chi connectivity index (χ4v) is 3.21. The van der Waals surface area contributed by atoms with Crippen LogP contribution in [0.2, 0.25) is 0 Å². The van der Waals surface area contributed by atoms with E-state index in [2.05, 4.69) is 27.2 Å². The Bertz CT molecular complexity index is 734. The Morgan fingerprint density at radius 3 is 2.65 bits per heavy atom. The van der Waals surface area contributed by atoms with E-state index in [1.807, 2.05) is 12.1 Å². The molecule has 136 valence electrons. The van der Waals surface area contributed by atoms with Gasteiger partial charge in [-0.1, -0.05) is 24.8 Å². The number of rotatable bonds is 9. The SMILES string of the molecule is C=Cc1ccc(NC(=O)NCCCC2(CN=C=O)CCC2N=C=O)cc1. The number of amides is 2. The maximum Gasteiger partial charge on any atom is 0.319 e. The standard InChI is InChI=1S/C19H22N4O3/c1-2-15-4-6-16(7-5-15)23-18(26)21-11-3-9-19(12-20-13-24)10-8-17(19)22-14-25/h2,4-7,17H,1,3,8-12H2,(H2,21,23,26). The zero-order valence-electron chi connectivity index (χ0n) is 14.5. The van der Waals surface area contributed by atoms with Crippen LogP contribution in [-0.4, -0.2) is 37.3 Å². The number of carbonyl (C=O) groups excluding carboxylic acids is 3. The molecule has 1 aromatic carbocycles. The van der Waals surface area contributed by atoms with E-state index in [-0.39, 0.29) is 17.5 Å². The van der Waals surface area contributed by atoms with E-state index >= 15 is 0 Å². The van der Waals surface area contributed by atoms with E-state index in [4.69, 9.17) is 0 Å². The number of nitrogens with one attached hydrogen (secondary N) is 2. The highest BCUT2D eigenvalue weighted by molar-refractivity contribution is 5.89. The molecule has 2 unspecified atom stereocenters. The molecule has 0 spiro atoms. The average molecular weight is 354 g/mol. The summed E-state index contributed by atoms with van der Waals surface area (Å²) < 4.78 is 0. The van der Waals surface area contributed by atoms with Gasteiger partial charge in [0.25, 0.3) is 0 Å². The van der Waals surface area contributed by atoms with Gasteiger partial charge in [0, 0.05) is 17.6 Å². The van der Waals surface area contributed by atoms with Gasteiger partial charge >= 0.3 is 6.03 Å². The molecule has 2 amide bonds. The molecule has 2 N–H and O–H groups in total. The van der Waals surface area contributed by atoms with Gasteiger partial charge in [0.05, 0.1) is 12.6 Å². The van der Waals surface area contributed by atoms with Crippen molar-refractivity contribution in [3.05, 3.63) is 36.4 Å². The average Bonchev–Trinajstić information content (AvgIpc) is 2.65. The second-order valence-electron chi connectivity index (χ2n) is 6.36. The van der Waals surface area contributed by atoms with Gasteiger partial charge in [-0.25, -0.2) is 24.4 Å².